The molecule has 3 heterocycles. The van der Waals surface area contributed by atoms with E-state index in [0.717, 1.165) is 22.6 Å². The fraction of sp³-hybridized carbons (Fsp3) is 0.400. The zero-order valence-electron chi connectivity index (χ0n) is 17.3. The standard InChI is InChI=1S/C20H22N6O6/c1-20-8-14(13-4-2-3-5-15(13)32-20)17(18(21)28)19(29)25(20)7-6-22-16(27)11-24-10-12(9-23-24)26(30)31/h2-5,9-10,14,17H,6-8,11H2,1H3,(H2,21,28)(H,22,27)/t14-,17+,20-/m0/s1. The van der Waals surface area contributed by atoms with Crippen molar-refractivity contribution in [2.75, 3.05) is 13.1 Å². The van der Waals surface area contributed by atoms with Gasteiger partial charge in [-0.15, -0.1) is 0 Å². The van der Waals surface area contributed by atoms with Crippen LogP contribution in [0, 0.1) is 16.0 Å². The Bertz CT molecular complexity index is 1100. The number of benzene rings is 1. The van der Waals surface area contributed by atoms with Crippen LogP contribution in [0.4, 0.5) is 5.69 Å². The molecule has 1 saturated heterocycles. The number of rotatable bonds is 7. The molecule has 2 aliphatic rings. The minimum Gasteiger partial charge on any atom is -0.468 e. The third-order valence-electron chi connectivity index (χ3n) is 5.85. The van der Waals surface area contributed by atoms with Gasteiger partial charge < -0.3 is 20.7 Å². The van der Waals surface area contributed by atoms with Gasteiger partial charge >= 0.3 is 5.69 Å². The molecule has 0 saturated carbocycles. The Morgan fingerprint density at radius 1 is 1.41 bits per heavy atom. The lowest BCUT2D eigenvalue weighted by atomic mass is 9.73. The van der Waals surface area contributed by atoms with E-state index in [2.05, 4.69) is 10.4 Å². The average molecular weight is 442 g/mol. The van der Waals surface area contributed by atoms with Crippen molar-refractivity contribution in [3.8, 4) is 5.75 Å². The molecule has 0 unspecified atom stereocenters. The number of carbonyl (C=O) groups is 3. The number of nitrogens with one attached hydrogen (secondary N) is 1. The van der Waals surface area contributed by atoms with Crippen molar-refractivity contribution in [2.24, 2.45) is 11.7 Å². The van der Waals surface area contributed by atoms with Crippen molar-refractivity contribution < 1.29 is 24.0 Å². The molecule has 1 aromatic heterocycles. The number of primary amides is 1. The molecule has 2 aliphatic heterocycles. The SMILES string of the molecule is C[C@@]12C[C@@H](c3ccccc3O1)[C@H](C(N)=O)C(=O)N2CCNC(=O)Cn1cc([N+](=O)[O-])cn1. The zero-order valence-corrected chi connectivity index (χ0v) is 17.3. The lowest BCUT2D eigenvalue weighted by Gasteiger charge is -2.52. The highest BCUT2D eigenvalue weighted by molar-refractivity contribution is 6.01. The Kier molecular flexibility index (Phi) is 5.28. The third kappa shape index (κ3) is 3.74. The predicted octanol–water partition coefficient (Wildman–Crippen LogP) is 0.134. The van der Waals surface area contributed by atoms with Crippen molar-refractivity contribution in [2.45, 2.75) is 31.5 Å². The summed E-state index contributed by atoms with van der Waals surface area (Å²) in [4.78, 5) is 49.1. The number of amides is 3. The first kappa shape index (κ1) is 21.3. The molecule has 1 fully saturated rings. The average Bonchev–Trinajstić information content (AvgIpc) is 3.18. The summed E-state index contributed by atoms with van der Waals surface area (Å²) in [6, 6.07) is 7.26. The maximum absolute atomic E-state index is 13.2. The van der Waals surface area contributed by atoms with Gasteiger partial charge in [0.25, 0.3) is 0 Å². The zero-order chi connectivity index (χ0) is 23.0. The van der Waals surface area contributed by atoms with Crippen LogP contribution in [0.25, 0.3) is 0 Å². The summed E-state index contributed by atoms with van der Waals surface area (Å²) in [5.41, 5.74) is 5.16. The van der Waals surface area contributed by atoms with Crippen molar-refractivity contribution >= 4 is 23.4 Å². The van der Waals surface area contributed by atoms with Crippen molar-refractivity contribution in [3.63, 3.8) is 0 Å². The van der Waals surface area contributed by atoms with Gasteiger partial charge in [0, 0.05) is 25.4 Å². The second-order valence-electron chi connectivity index (χ2n) is 8.00. The number of nitro groups is 1. The largest absolute Gasteiger partial charge is 0.468 e. The van der Waals surface area contributed by atoms with Gasteiger partial charge in [0.05, 0.1) is 4.92 Å². The number of nitrogens with two attached hydrogens (primary N) is 1. The number of aromatic nitrogens is 2. The molecule has 3 N–H and O–H groups in total. The third-order valence-corrected chi connectivity index (χ3v) is 5.85. The minimum absolute atomic E-state index is 0.0880. The summed E-state index contributed by atoms with van der Waals surface area (Å²) in [6.07, 6.45) is 2.60. The van der Waals surface area contributed by atoms with Gasteiger partial charge in [-0.05, 0) is 18.6 Å². The number of carbonyl (C=O) groups excluding carboxylic acids is 3. The van der Waals surface area contributed by atoms with Crippen LogP contribution in [0.3, 0.4) is 0 Å². The smallest absolute Gasteiger partial charge is 0.307 e. The number of likely N-dealkylation sites (tertiary alicyclic amines) is 1. The van der Waals surface area contributed by atoms with E-state index in [1.165, 1.54) is 4.90 Å². The van der Waals surface area contributed by atoms with Crippen LogP contribution in [0.2, 0.25) is 0 Å². The Morgan fingerprint density at radius 2 is 2.16 bits per heavy atom. The van der Waals surface area contributed by atoms with E-state index in [-0.39, 0.29) is 31.2 Å². The predicted molar refractivity (Wildman–Crippen MR) is 109 cm³/mol. The first-order chi connectivity index (χ1) is 15.2. The van der Waals surface area contributed by atoms with Crippen LogP contribution in [0.5, 0.6) is 5.75 Å². The highest BCUT2D eigenvalue weighted by Crippen LogP contribution is 2.49. The van der Waals surface area contributed by atoms with Crippen LogP contribution < -0.4 is 15.8 Å². The summed E-state index contributed by atoms with van der Waals surface area (Å²) < 4.78 is 7.29. The van der Waals surface area contributed by atoms with E-state index < -0.39 is 34.3 Å². The van der Waals surface area contributed by atoms with Gasteiger partial charge in [0.15, 0.2) is 5.72 Å². The van der Waals surface area contributed by atoms with E-state index in [1.54, 1.807) is 13.0 Å². The Balaban J connectivity index is 1.45. The fourth-order valence-corrected chi connectivity index (χ4v) is 4.42. The molecule has 32 heavy (non-hydrogen) atoms. The summed E-state index contributed by atoms with van der Waals surface area (Å²) in [5, 5.41) is 17.1. The van der Waals surface area contributed by atoms with Gasteiger partial charge in [-0.3, -0.25) is 29.2 Å². The molecule has 2 aromatic rings. The Hall–Kier alpha value is -3.96. The number of hydrogen-bond donors (Lipinski definition) is 2. The summed E-state index contributed by atoms with van der Waals surface area (Å²) in [5.74, 6) is -2.38. The fourth-order valence-electron chi connectivity index (χ4n) is 4.42. The van der Waals surface area contributed by atoms with E-state index in [0.29, 0.717) is 12.2 Å². The Morgan fingerprint density at radius 3 is 2.84 bits per heavy atom. The molecule has 3 atom stereocenters. The van der Waals surface area contributed by atoms with Crippen molar-refractivity contribution in [3.05, 3.63) is 52.3 Å². The van der Waals surface area contributed by atoms with Crippen LogP contribution in [0.1, 0.15) is 24.8 Å². The normalized spacial score (nSPS) is 23.8. The number of hydrogen-bond acceptors (Lipinski definition) is 7. The molecule has 12 heteroatoms. The lowest BCUT2D eigenvalue weighted by Crippen LogP contribution is -2.65. The molecule has 2 bridgehead atoms. The molecular formula is C20H22N6O6. The van der Waals surface area contributed by atoms with Crippen LogP contribution >= 0.6 is 0 Å². The number of fused-ring (bicyclic) bond motifs is 4. The van der Waals surface area contributed by atoms with E-state index >= 15 is 0 Å². The monoisotopic (exact) mass is 442 g/mol. The molecule has 0 radical (unpaired) electrons. The summed E-state index contributed by atoms with van der Waals surface area (Å²) >= 11 is 0. The van der Waals surface area contributed by atoms with Crippen molar-refractivity contribution in [1.82, 2.24) is 20.0 Å². The van der Waals surface area contributed by atoms with E-state index in [4.69, 9.17) is 10.5 Å². The molecule has 1 aromatic carbocycles. The molecule has 3 amide bonds. The Labute approximate surface area is 182 Å². The summed E-state index contributed by atoms with van der Waals surface area (Å²) in [6.45, 7) is 1.74. The van der Waals surface area contributed by atoms with Gasteiger partial charge in [0.1, 0.15) is 30.6 Å². The second kappa shape index (κ2) is 7.94. The first-order valence-corrected chi connectivity index (χ1v) is 10.0. The van der Waals surface area contributed by atoms with Gasteiger partial charge in [-0.2, -0.15) is 5.10 Å². The molecule has 0 aliphatic carbocycles. The number of ether oxygens (including phenoxy) is 1. The van der Waals surface area contributed by atoms with E-state index in [1.807, 2.05) is 18.2 Å². The maximum Gasteiger partial charge on any atom is 0.307 e. The molecule has 168 valence electrons. The van der Waals surface area contributed by atoms with Crippen LogP contribution in [-0.2, 0) is 20.9 Å². The number of piperidine rings is 1. The van der Waals surface area contributed by atoms with Gasteiger partial charge in [-0.1, -0.05) is 18.2 Å². The van der Waals surface area contributed by atoms with Gasteiger partial charge in [-0.25, -0.2) is 0 Å². The highest BCUT2D eigenvalue weighted by Gasteiger charge is 2.55. The number of para-hydroxylation sites is 1. The quantitative estimate of drug-likeness (QED) is 0.350. The van der Waals surface area contributed by atoms with E-state index in [9.17, 15) is 24.5 Å². The van der Waals surface area contributed by atoms with Crippen molar-refractivity contribution in [1.29, 1.82) is 0 Å². The minimum atomic E-state index is -1.02. The first-order valence-electron chi connectivity index (χ1n) is 10.0. The lowest BCUT2D eigenvalue weighted by molar-refractivity contribution is -0.385. The topological polar surface area (TPSA) is 163 Å². The highest BCUT2D eigenvalue weighted by atomic mass is 16.6. The van der Waals surface area contributed by atoms with Crippen LogP contribution in [-0.4, -0.2) is 56.1 Å². The summed E-state index contributed by atoms with van der Waals surface area (Å²) in [7, 11) is 0. The molecule has 0 spiro atoms. The number of nitrogens with zero attached hydrogens (tertiary/aromatic N) is 4. The molecule has 4 rings (SSSR count). The second-order valence-corrected chi connectivity index (χ2v) is 8.00. The van der Waals surface area contributed by atoms with Crippen LogP contribution in [0.15, 0.2) is 36.7 Å². The molecular weight excluding hydrogens is 420 g/mol. The van der Waals surface area contributed by atoms with Gasteiger partial charge in [0.2, 0.25) is 17.7 Å². The molecule has 12 nitrogen and oxygen atoms in total. The maximum atomic E-state index is 13.2.